The summed E-state index contributed by atoms with van der Waals surface area (Å²) >= 11 is 0. The van der Waals surface area contributed by atoms with E-state index in [0.717, 1.165) is 6.42 Å². The van der Waals surface area contributed by atoms with Crippen LogP contribution in [0.5, 0.6) is 0 Å². The van der Waals surface area contributed by atoms with E-state index in [4.69, 9.17) is 5.26 Å². The minimum absolute atomic E-state index is 0.249. The maximum absolute atomic E-state index is 9.03. The molecule has 0 aromatic carbocycles. The lowest BCUT2D eigenvalue weighted by Crippen LogP contribution is -2.41. The van der Waals surface area contributed by atoms with E-state index in [1.54, 1.807) is 0 Å². The zero-order valence-corrected chi connectivity index (χ0v) is 10.2. The SMILES string of the molecule is CC(CC1CCCN1)NC1CCCC1C#N. The summed E-state index contributed by atoms with van der Waals surface area (Å²) in [5.41, 5.74) is 0. The van der Waals surface area contributed by atoms with E-state index in [9.17, 15) is 0 Å². The van der Waals surface area contributed by atoms with Crippen molar-refractivity contribution in [2.45, 2.75) is 63.6 Å². The highest BCUT2D eigenvalue weighted by molar-refractivity contribution is 4.97. The number of hydrogen-bond acceptors (Lipinski definition) is 3. The highest BCUT2D eigenvalue weighted by atomic mass is 15.0. The van der Waals surface area contributed by atoms with Crippen molar-refractivity contribution in [2.24, 2.45) is 5.92 Å². The average molecular weight is 221 g/mol. The first-order chi connectivity index (χ1) is 7.79. The van der Waals surface area contributed by atoms with Gasteiger partial charge in [0.15, 0.2) is 0 Å². The molecular formula is C13H23N3. The molecule has 1 aliphatic carbocycles. The predicted molar refractivity (Wildman–Crippen MR) is 65.0 cm³/mol. The third-order valence-corrected chi connectivity index (χ3v) is 3.98. The van der Waals surface area contributed by atoms with Gasteiger partial charge in [-0.2, -0.15) is 5.26 Å². The Bertz CT molecular complexity index is 252. The maximum atomic E-state index is 9.03. The van der Waals surface area contributed by atoms with Crippen LogP contribution in [-0.2, 0) is 0 Å². The van der Waals surface area contributed by atoms with Crippen LogP contribution in [0.15, 0.2) is 0 Å². The van der Waals surface area contributed by atoms with E-state index in [0.29, 0.717) is 18.1 Å². The first-order valence-electron chi connectivity index (χ1n) is 6.68. The second kappa shape index (κ2) is 5.65. The van der Waals surface area contributed by atoms with Crippen LogP contribution < -0.4 is 10.6 Å². The smallest absolute Gasteiger partial charge is 0.0672 e. The van der Waals surface area contributed by atoms with Crippen LogP contribution in [0.1, 0.15) is 45.4 Å². The quantitative estimate of drug-likeness (QED) is 0.761. The summed E-state index contributed by atoms with van der Waals surface area (Å²) < 4.78 is 0. The van der Waals surface area contributed by atoms with Gasteiger partial charge in [0.05, 0.1) is 12.0 Å². The van der Waals surface area contributed by atoms with E-state index in [2.05, 4.69) is 23.6 Å². The van der Waals surface area contributed by atoms with Gasteiger partial charge in [-0.05, 0) is 45.6 Å². The lowest BCUT2D eigenvalue weighted by Gasteiger charge is -2.23. The van der Waals surface area contributed by atoms with Crippen molar-refractivity contribution in [1.29, 1.82) is 5.26 Å². The molecule has 0 amide bonds. The fourth-order valence-electron chi connectivity index (χ4n) is 3.13. The van der Waals surface area contributed by atoms with Crippen LogP contribution >= 0.6 is 0 Å². The molecule has 0 aromatic heterocycles. The van der Waals surface area contributed by atoms with E-state index in [-0.39, 0.29) is 5.92 Å². The number of hydrogen-bond donors (Lipinski definition) is 2. The van der Waals surface area contributed by atoms with Crippen molar-refractivity contribution in [3.05, 3.63) is 0 Å². The molecule has 4 unspecified atom stereocenters. The lowest BCUT2D eigenvalue weighted by molar-refractivity contribution is 0.369. The number of nitriles is 1. The van der Waals surface area contributed by atoms with Gasteiger partial charge >= 0.3 is 0 Å². The fourth-order valence-corrected chi connectivity index (χ4v) is 3.13. The molecule has 1 saturated heterocycles. The standard InChI is InChI=1S/C13H23N3/c1-10(8-12-5-3-7-15-12)16-13-6-2-4-11(13)9-14/h10-13,15-16H,2-8H2,1H3. The summed E-state index contributed by atoms with van der Waals surface area (Å²) in [6, 6.07) is 4.12. The Morgan fingerprint density at radius 2 is 2.25 bits per heavy atom. The van der Waals surface area contributed by atoms with E-state index in [1.807, 2.05) is 0 Å². The van der Waals surface area contributed by atoms with Crippen LogP contribution in [0.2, 0.25) is 0 Å². The van der Waals surface area contributed by atoms with Gasteiger partial charge in [0.25, 0.3) is 0 Å². The Labute approximate surface area is 98.6 Å². The normalized spacial score (nSPS) is 36.1. The molecule has 4 atom stereocenters. The molecular weight excluding hydrogens is 198 g/mol. The van der Waals surface area contributed by atoms with Crippen molar-refractivity contribution in [3.63, 3.8) is 0 Å². The lowest BCUT2D eigenvalue weighted by atomic mass is 10.0. The first kappa shape index (κ1) is 11.9. The molecule has 1 aliphatic heterocycles. The van der Waals surface area contributed by atoms with Crippen LogP contribution in [-0.4, -0.2) is 24.7 Å². The molecule has 0 aromatic rings. The minimum Gasteiger partial charge on any atom is -0.314 e. The van der Waals surface area contributed by atoms with Crippen LogP contribution in [0.25, 0.3) is 0 Å². The largest absolute Gasteiger partial charge is 0.314 e. The molecule has 1 heterocycles. The third kappa shape index (κ3) is 2.96. The van der Waals surface area contributed by atoms with E-state index < -0.39 is 0 Å². The van der Waals surface area contributed by atoms with Gasteiger partial charge in [0.1, 0.15) is 0 Å². The van der Waals surface area contributed by atoms with E-state index >= 15 is 0 Å². The Hall–Kier alpha value is -0.590. The number of nitrogens with one attached hydrogen (secondary N) is 2. The van der Waals surface area contributed by atoms with Crippen LogP contribution in [0.3, 0.4) is 0 Å². The highest BCUT2D eigenvalue weighted by Gasteiger charge is 2.28. The summed E-state index contributed by atoms with van der Waals surface area (Å²) in [4.78, 5) is 0. The van der Waals surface area contributed by atoms with Gasteiger partial charge in [-0.25, -0.2) is 0 Å². The van der Waals surface area contributed by atoms with Crippen molar-refractivity contribution < 1.29 is 0 Å². The number of nitrogens with zero attached hydrogens (tertiary/aromatic N) is 1. The highest BCUT2D eigenvalue weighted by Crippen LogP contribution is 2.25. The molecule has 3 heteroatoms. The monoisotopic (exact) mass is 221 g/mol. The van der Waals surface area contributed by atoms with Gasteiger partial charge in [-0.1, -0.05) is 6.42 Å². The van der Waals surface area contributed by atoms with Crippen molar-refractivity contribution in [1.82, 2.24) is 10.6 Å². The molecule has 3 nitrogen and oxygen atoms in total. The van der Waals surface area contributed by atoms with Crippen molar-refractivity contribution >= 4 is 0 Å². The zero-order valence-electron chi connectivity index (χ0n) is 10.2. The maximum Gasteiger partial charge on any atom is 0.0672 e. The molecule has 2 aliphatic rings. The molecule has 1 saturated carbocycles. The topological polar surface area (TPSA) is 47.8 Å². The summed E-state index contributed by atoms with van der Waals surface area (Å²) in [5, 5.41) is 16.2. The third-order valence-electron chi connectivity index (χ3n) is 3.98. The predicted octanol–water partition coefficient (Wildman–Crippen LogP) is 1.80. The summed E-state index contributed by atoms with van der Waals surface area (Å²) in [6.45, 7) is 3.44. The van der Waals surface area contributed by atoms with Gasteiger partial charge in [0, 0.05) is 18.1 Å². The van der Waals surface area contributed by atoms with Crippen LogP contribution in [0.4, 0.5) is 0 Å². The van der Waals surface area contributed by atoms with Gasteiger partial charge in [-0.3, -0.25) is 0 Å². The fraction of sp³-hybridized carbons (Fsp3) is 0.923. The second-order valence-corrected chi connectivity index (χ2v) is 5.37. The summed E-state index contributed by atoms with van der Waals surface area (Å²) in [6.07, 6.45) is 7.32. The average Bonchev–Trinajstić information content (AvgIpc) is 2.88. The summed E-state index contributed by atoms with van der Waals surface area (Å²) in [7, 11) is 0. The first-order valence-corrected chi connectivity index (χ1v) is 6.68. The molecule has 2 N–H and O–H groups in total. The van der Waals surface area contributed by atoms with E-state index in [1.165, 1.54) is 38.6 Å². The Balaban J connectivity index is 1.73. The Morgan fingerprint density at radius 3 is 2.94 bits per heavy atom. The zero-order chi connectivity index (χ0) is 11.4. The van der Waals surface area contributed by atoms with Gasteiger partial charge in [0.2, 0.25) is 0 Å². The van der Waals surface area contributed by atoms with Crippen molar-refractivity contribution in [2.75, 3.05) is 6.54 Å². The van der Waals surface area contributed by atoms with Crippen molar-refractivity contribution in [3.8, 4) is 6.07 Å². The molecule has 0 spiro atoms. The molecule has 0 bridgehead atoms. The van der Waals surface area contributed by atoms with Crippen LogP contribution in [0, 0.1) is 17.2 Å². The number of rotatable bonds is 4. The minimum atomic E-state index is 0.249. The second-order valence-electron chi connectivity index (χ2n) is 5.37. The molecule has 0 radical (unpaired) electrons. The van der Waals surface area contributed by atoms with Gasteiger partial charge < -0.3 is 10.6 Å². The molecule has 90 valence electrons. The molecule has 2 rings (SSSR count). The molecule has 16 heavy (non-hydrogen) atoms. The van der Waals surface area contributed by atoms with Gasteiger partial charge in [-0.15, -0.1) is 0 Å². The Morgan fingerprint density at radius 1 is 1.38 bits per heavy atom. The molecule has 2 fully saturated rings. The Kier molecular flexibility index (Phi) is 4.20. The summed E-state index contributed by atoms with van der Waals surface area (Å²) in [5.74, 6) is 0.249.